The minimum atomic E-state index is -4.03. The first-order valence-corrected chi connectivity index (χ1v) is 8.84. The van der Waals surface area contributed by atoms with Crippen molar-refractivity contribution in [2.24, 2.45) is 0 Å². The van der Waals surface area contributed by atoms with Crippen LogP contribution in [0.1, 0.15) is 55.2 Å². The summed E-state index contributed by atoms with van der Waals surface area (Å²) in [6.07, 6.45) is 2.96. The van der Waals surface area contributed by atoms with Gasteiger partial charge in [-0.15, -0.1) is 0 Å². The first-order chi connectivity index (χ1) is 9.23. The van der Waals surface area contributed by atoms with Gasteiger partial charge in [0.15, 0.2) is 5.69 Å². The highest BCUT2D eigenvalue weighted by Gasteiger charge is 2.34. The van der Waals surface area contributed by atoms with Crippen LogP contribution < -0.4 is 0 Å². The molecular formula is C12H18ClN3O3S. The van der Waals surface area contributed by atoms with Gasteiger partial charge in [-0.3, -0.25) is 9.89 Å². The number of aromatic amines is 1. The van der Waals surface area contributed by atoms with Gasteiger partial charge in [0.25, 0.3) is 15.0 Å². The molecule has 1 saturated carbocycles. The van der Waals surface area contributed by atoms with Gasteiger partial charge in [0.1, 0.15) is 4.90 Å². The maximum absolute atomic E-state index is 12.4. The van der Waals surface area contributed by atoms with Crippen LogP contribution in [0.15, 0.2) is 4.90 Å². The number of nitrogens with zero attached hydrogens (tertiary/aromatic N) is 2. The van der Waals surface area contributed by atoms with Gasteiger partial charge in [0.2, 0.25) is 0 Å². The average molecular weight is 320 g/mol. The molecule has 1 aliphatic carbocycles. The van der Waals surface area contributed by atoms with Gasteiger partial charge < -0.3 is 4.90 Å². The first-order valence-electron chi connectivity index (χ1n) is 6.53. The first kappa shape index (κ1) is 15.3. The molecule has 112 valence electrons. The number of carbonyl (C=O) groups excluding carboxylic acids is 1. The second kappa shape index (κ2) is 5.37. The van der Waals surface area contributed by atoms with Crippen molar-refractivity contribution < 1.29 is 13.2 Å². The van der Waals surface area contributed by atoms with E-state index in [2.05, 4.69) is 10.2 Å². The summed E-state index contributed by atoms with van der Waals surface area (Å²) in [6, 6.07) is 0.160. The standard InChI is InChI=1S/C12H18ClN3O3S/c1-7(2)9-11(20(13,18)19)10(15-14-9)12(17)16(3)8-5-4-6-8/h7-8H,4-6H2,1-3H3,(H,14,15). The number of nitrogens with one attached hydrogen (secondary N) is 1. The molecule has 1 amide bonds. The average Bonchev–Trinajstić information content (AvgIpc) is 2.69. The number of carbonyl (C=O) groups is 1. The zero-order chi connectivity index (χ0) is 15.1. The molecular weight excluding hydrogens is 302 g/mol. The monoisotopic (exact) mass is 319 g/mol. The van der Waals surface area contributed by atoms with Crippen LogP contribution in [-0.4, -0.2) is 42.5 Å². The summed E-state index contributed by atoms with van der Waals surface area (Å²) in [6.45, 7) is 3.62. The summed E-state index contributed by atoms with van der Waals surface area (Å²) in [5, 5.41) is 6.52. The van der Waals surface area contributed by atoms with E-state index in [-0.39, 0.29) is 22.5 Å². The number of hydrogen-bond donors (Lipinski definition) is 1. The smallest absolute Gasteiger partial charge is 0.275 e. The highest BCUT2D eigenvalue weighted by atomic mass is 35.7. The summed E-state index contributed by atoms with van der Waals surface area (Å²) >= 11 is 0. The van der Waals surface area contributed by atoms with E-state index in [0.717, 1.165) is 19.3 Å². The number of rotatable bonds is 4. The molecule has 0 radical (unpaired) electrons. The van der Waals surface area contributed by atoms with Gasteiger partial charge >= 0.3 is 0 Å². The summed E-state index contributed by atoms with van der Waals surface area (Å²) < 4.78 is 23.5. The maximum Gasteiger partial charge on any atom is 0.275 e. The molecule has 0 bridgehead atoms. The highest BCUT2D eigenvalue weighted by Crippen LogP contribution is 2.30. The molecule has 20 heavy (non-hydrogen) atoms. The third-order valence-electron chi connectivity index (χ3n) is 3.71. The Hall–Kier alpha value is -1.08. The molecule has 1 aromatic rings. The van der Waals surface area contributed by atoms with Crippen LogP contribution in [0.5, 0.6) is 0 Å². The van der Waals surface area contributed by atoms with Crippen LogP contribution in [-0.2, 0) is 9.05 Å². The molecule has 0 aromatic carbocycles. The fraction of sp³-hybridized carbons (Fsp3) is 0.667. The van der Waals surface area contributed by atoms with E-state index in [0.29, 0.717) is 5.69 Å². The molecule has 0 unspecified atom stereocenters. The van der Waals surface area contributed by atoms with E-state index in [1.165, 1.54) is 0 Å². The molecule has 2 rings (SSSR count). The van der Waals surface area contributed by atoms with E-state index in [1.54, 1.807) is 11.9 Å². The lowest BCUT2D eigenvalue weighted by Gasteiger charge is -2.34. The van der Waals surface area contributed by atoms with Crippen molar-refractivity contribution >= 4 is 25.6 Å². The minimum Gasteiger partial charge on any atom is -0.337 e. The minimum absolute atomic E-state index is 0.113. The molecule has 0 saturated heterocycles. The van der Waals surface area contributed by atoms with Crippen molar-refractivity contribution in [3.05, 3.63) is 11.4 Å². The van der Waals surface area contributed by atoms with Gasteiger partial charge in [0, 0.05) is 23.8 Å². The van der Waals surface area contributed by atoms with Gasteiger partial charge in [-0.05, 0) is 25.2 Å². The Morgan fingerprint density at radius 3 is 2.45 bits per heavy atom. The van der Waals surface area contributed by atoms with Crippen LogP contribution in [0.4, 0.5) is 0 Å². The lowest BCUT2D eigenvalue weighted by atomic mass is 9.91. The molecule has 0 atom stereocenters. The molecule has 1 aliphatic rings. The second-order valence-electron chi connectivity index (χ2n) is 5.41. The zero-order valence-electron chi connectivity index (χ0n) is 11.7. The van der Waals surface area contributed by atoms with E-state index < -0.39 is 15.0 Å². The molecule has 1 N–H and O–H groups in total. The predicted molar refractivity (Wildman–Crippen MR) is 75.4 cm³/mol. The maximum atomic E-state index is 12.4. The fourth-order valence-corrected chi connectivity index (χ4v) is 3.61. The topological polar surface area (TPSA) is 83.1 Å². The number of aromatic nitrogens is 2. The molecule has 0 aliphatic heterocycles. The van der Waals surface area contributed by atoms with Gasteiger partial charge in [-0.25, -0.2) is 8.42 Å². The van der Waals surface area contributed by atoms with Crippen LogP contribution in [0.2, 0.25) is 0 Å². The summed E-state index contributed by atoms with van der Waals surface area (Å²) in [5.41, 5.74) is 0.253. The fourth-order valence-electron chi connectivity index (χ4n) is 2.24. The summed E-state index contributed by atoms with van der Waals surface area (Å²) in [5.74, 6) is -0.529. The normalized spacial score (nSPS) is 16.2. The molecule has 0 spiro atoms. The van der Waals surface area contributed by atoms with Crippen LogP contribution in [0.25, 0.3) is 0 Å². The van der Waals surface area contributed by atoms with Crippen molar-refractivity contribution in [1.82, 2.24) is 15.1 Å². The molecule has 1 fully saturated rings. The number of hydrogen-bond acceptors (Lipinski definition) is 4. The number of amides is 1. The van der Waals surface area contributed by atoms with Crippen LogP contribution >= 0.6 is 10.7 Å². The zero-order valence-corrected chi connectivity index (χ0v) is 13.3. The Balaban J connectivity index is 2.44. The highest BCUT2D eigenvalue weighted by molar-refractivity contribution is 8.13. The number of H-pyrrole nitrogens is 1. The van der Waals surface area contributed by atoms with Crippen molar-refractivity contribution in [1.29, 1.82) is 0 Å². The Bertz CT molecular complexity index is 620. The van der Waals surface area contributed by atoms with Crippen molar-refractivity contribution in [3.8, 4) is 0 Å². The third-order valence-corrected chi connectivity index (χ3v) is 5.08. The third kappa shape index (κ3) is 2.69. The Morgan fingerprint density at radius 1 is 1.45 bits per heavy atom. The SMILES string of the molecule is CC(C)c1[nH]nc(C(=O)N(C)C2CCC2)c1S(=O)(=O)Cl. The Morgan fingerprint density at radius 2 is 2.05 bits per heavy atom. The summed E-state index contributed by atoms with van der Waals surface area (Å²) in [7, 11) is 3.11. The van der Waals surface area contributed by atoms with Crippen molar-refractivity contribution in [2.45, 2.75) is 50.0 Å². The molecule has 8 heteroatoms. The van der Waals surface area contributed by atoms with Gasteiger partial charge in [-0.2, -0.15) is 5.10 Å². The lowest BCUT2D eigenvalue weighted by molar-refractivity contribution is 0.0642. The van der Waals surface area contributed by atoms with Crippen LogP contribution in [0.3, 0.4) is 0 Å². The van der Waals surface area contributed by atoms with Gasteiger partial charge in [-0.1, -0.05) is 13.8 Å². The summed E-state index contributed by atoms with van der Waals surface area (Å²) in [4.78, 5) is 13.8. The Kier molecular flexibility index (Phi) is 4.11. The lowest BCUT2D eigenvalue weighted by Crippen LogP contribution is -2.41. The van der Waals surface area contributed by atoms with E-state index in [4.69, 9.17) is 10.7 Å². The van der Waals surface area contributed by atoms with E-state index >= 15 is 0 Å². The predicted octanol–water partition coefficient (Wildman–Crippen LogP) is 2.09. The second-order valence-corrected chi connectivity index (χ2v) is 7.91. The molecule has 6 nitrogen and oxygen atoms in total. The molecule has 1 heterocycles. The van der Waals surface area contributed by atoms with E-state index in [9.17, 15) is 13.2 Å². The van der Waals surface area contributed by atoms with Crippen molar-refractivity contribution in [3.63, 3.8) is 0 Å². The molecule has 1 aromatic heterocycles. The number of halogens is 1. The van der Waals surface area contributed by atoms with E-state index in [1.807, 2.05) is 13.8 Å². The Labute approximate surface area is 122 Å². The quantitative estimate of drug-likeness (QED) is 0.861. The van der Waals surface area contributed by atoms with Gasteiger partial charge in [0.05, 0.1) is 5.69 Å². The largest absolute Gasteiger partial charge is 0.337 e. The van der Waals surface area contributed by atoms with Crippen LogP contribution in [0, 0.1) is 0 Å². The van der Waals surface area contributed by atoms with Crippen molar-refractivity contribution in [2.75, 3.05) is 7.05 Å².